The zero-order valence-electron chi connectivity index (χ0n) is 10.0. The number of amides is 1. The van der Waals surface area contributed by atoms with Crippen molar-refractivity contribution in [2.24, 2.45) is 0 Å². The maximum absolute atomic E-state index is 12.1. The van der Waals surface area contributed by atoms with Gasteiger partial charge in [-0.25, -0.2) is 0 Å². The Morgan fingerprint density at radius 2 is 2.33 bits per heavy atom. The van der Waals surface area contributed by atoms with Crippen molar-refractivity contribution < 1.29 is 4.79 Å². The topological polar surface area (TPSA) is 86.9 Å². The Labute approximate surface area is 104 Å². The van der Waals surface area contributed by atoms with E-state index in [4.69, 9.17) is 0 Å². The van der Waals surface area contributed by atoms with Crippen LogP contribution in [0.2, 0.25) is 0 Å². The number of nitrogens with zero attached hydrogens (tertiary/aromatic N) is 1. The SMILES string of the molecule is O=C(NC1CCNC12CCC2)c1c[nH]ncc1=O. The minimum Gasteiger partial charge on any atom is -0.347 e. The molecule has 3 rings (SSSR count). The van der Waals surface area contributed by atoms with E-state index in [1.165, 1.54) is 12.6 Å². The third-order valence-electron chi connectivity index (χ3n) is 4.10. The van der Waals surface area contributed by atoms with Crippen LogP contribution in [-0.4, -0.2) is 34.2 Å². The fraction of sp³-hybridized carbons (Fsp3) is 0.583. The van der Waals surface area contributed by atoms with Crippen molar-refractivity contribution >= 4 is 5.91 Å². The summed E-state index contributed by atoms with van der Waals surface area (Å²) in [4.78, 5) is 23.6. The average Bonchev–Trinajstić information content (AvgIpc) is 2.73. The molecule has 0 aromatic carbocycles. The molecular weight excluding hydrogens is 232 g/mol. The maximum Gasteiger partial charge on any atom is 0.257 e. The minimum absolute atomic E-state index is 0.0788. The molecule has 6 heteroatoms. The highest BCUT2D eigenvalue weighted by atomic mass is 16.2. The molecule has 1 aromatic heterocycles. The summed E-state index contributed by atoms with van der Waals surface area (Å²) in [7, 11) is 0. The van der Waals surface area contributed by atoms with Crippen LogP contribution in [0.15, 0.2) is 17.2 Å². The molecule has 1 spiro atoms. The number of carbonyl (C=O) groups is 1. The molecule has 1 saturated carbocycles. The second kappa shape index (κ2) is 4.20. The van der Waals surface area contributed by atoms with Crippen LogP contribution in [0, 0.1) is 0 Å². The molecule has 1 aromatic rings. The van der Waals surface area contributed by atoms with E-state index < -0.39 is 0 Å². The fourth-order valence-electron chi connectivity index (χ4n) is 2.91. The first-order chi connectivity index (χ1) is 8.71. The van der Waals surface area contributed by atoms with Crippen LogP contribution >= 0.6 is 0 Å². The summed E-state index contributed by atoms with van der Waals surface area (Å²) >= 11 is 0. The Morgan fingerprint density at radius 1 is 1.50 bits per heavy atom. The number of nitrogens with one attached hydrogen (secondary N) is 3. The summed E-state index contributed by atoms with van der Waals surface area (Å²) in [6, 6.07) is 0.131. The van der Waals surface area contributed by atoms with Crippen LogP contribution in [0.1, 0.15) is 36.0 Å². The number of aromatic nitrogens is 2. The van der Waals surface area contributed by atoms with Gasteiger partial charge in [0.05, 0.1) is 6.20 Å². The lowest BCUT2D eigenvalue weighted by atomic mass is 9.73. The van der Waals surface area contributed by atoms with Crippen LogP contribution in [-0.2, 0) is 0 Å². The minimum atomic E-state index is -0.347. The van der Waals surface area contributed by atoms with Gasteiger partial charge in [-0.1, -0.05) is 0 Å². The molecule has 2 aliphatic rings. The quantitative estimate of drug-likeness (QED) is 0.675. The lowest BCUT2D eigenvalue weighted by molar-refractivity contribution is 0.0880. The first-order valence-electron chi connectivity index (χ1n) is 6.30. The molecular formula is C12H16N4O2. The number of H-pyrrole nitrogens is 1. The molecule has 1 atom stereocenters. The van der Waals surface area contributed by atoms with Crippen molar-refractivity contribution in [3.05, 3.63) is 28.2 Å². The van der Waals surface area contributed by atoms with Crippen LogP contribution in [0.3, 0.4) is 0 Å². The standard InChI is InChI=1S/C12H16N4O2/c17-9-7-15-14-6-8(9)11(18)16-10-2-5-13-12(10)3-1-4-12/h6-7,10,13H,1-5H2,(H,14,17)(H,16,18). The highest BCUT2D eigenvalue weighted by molar-refractivity contribution is 5.94. The van der Waals surface area contributed by atoms with Crippen molar-refractivity contribution in [2.45, 2.75) is 37.3 Å². The Kier molecular flexibility index (Phi) is 2.66. The predicted octanol–water partition coefficient (Wildman–Crippen LogP) is -0.216. The molecule has 2 fully saturated rings. The van der Waals surface area contributed by atoms with Crippen molar-refractivity contribution in [3.8, 4) is 0 Å². The van der Waals surface area contributed by atoms with Crippen LogP contribution in [0.25, 0.3) is 0 Å². The number of carbonyl (C=O) groups excluding carboxylic acids is 1. The summed E-state index contributed by atoms with van der Waals surface area (Å²) in [5.74, 6) is -0.307. The number of hydrogen-bond acceptors (Lipinski definition) is 4. The average molecular weight is 248 g/mol. The van der Waals surface area contributed by atoms with Crippen molar-refractivity contribution in [1.29, 1.82) is 0 Å². The Hall–Kier alpha value is -1.69. The van der Waals surface area contributed by atoms with Crippen molar-refractivity contribution in [1.82, 2.24) is 20.8 Å². The second-order valence-electron chi connectivity index (χ2n) is 5.06. The molecule has 1 amide bonds. The molecule has 1 unspecified atom stereocenters. The highest BCUT2D eigenvalue weighted by Crippen LogP contribution is 2.39. The first-order valence-corrected chi connectivity index (χ1v) is 6.30. The molecule has 6 nitrogen and oxygen atoms in total. The number of hydrogen-bond donors (Lipinski definition) is 3. The smallest absolute Gasteiger partial charge is 0.257 e. The van der Waals surface area contributed by atoms with Gasteiger partial charge in [0.15, 0.2) is 0 Å². The number of rotatable bonds is 2. The first kappa shape index (κ1) is 11.4. The van der Waals surface area contributed by atoms with Gasteiger partial charge in [-0.15, -0.1) is 0 Å². The van der Waals surface area contributed by atoms with E-state index >= 15 is 0 Å². The normalized spacial score (nSPS) is 24.8. The van der Waals surface area contributed by atoms with Gasteiger partial charge in [0.2, 0.25) is 5.43 Å². The number of aromatic amines is 1. The lowest BCUT2D eigenvalue weighted by Crippen LogP contribution is -2.59. The zero-order chi connectivity index (χ0) is 12.6. The molecule has 0 radical (unpaired) electrons. The van der Waals surface area contributed by atoms with Gasteiger partial charge in [-0.2, -0.15) is 5.10 Å². The largest absolute Gasteiger partial charge is 0.347 e. The molecule has 0 bridgehead atoms. The fourth-order valence-corrected chi connectivity index (χ4v) is 2.91. The summed E-state index contributed by atoms with van der Waals surface area (Å²) in [6.07, 6.45) is 6.81. The van der Waals surface area contributed by atoms with E-state index in [0.717, 1.165) is 32.0 Å². The van der Waals surface area contributed by atoms with Gasteiger partial charge in [0.25, 0.3) is 5.91 Å². The van der Waals surface area contributed by atoms with E-state index in [2.05, 4.69) is 20.8 Å². The van der Waals surface area contributed by atoms with E-state index in [0.29, 0.717) is 0 Å². The molecule has 1 aliphatic carbocycles. The van der Waals surface area contributed by atoms with Gasteiger partial charge < -0.3 is 10.6 Å². The third kappa shape index (κ3) is 1.73. The third-order valence-corrected chi connectivity index (χ3v) is 4.10. The van der Waals surface area contributed by atoms with Crippen molar-refractivity contribution in [3.63, 3.8) is 0 Å². The van der Waals surface area contributed by atoms with E-state index in [1.807, 2.05) is 0 Å². The zero-order valence-corrected chi connectivity index (χ0v) is 10.0. The summed E-state index contributed by atoms with van der Waals surface area (Å²) in [5, 5.41) is 12.6. The molecule has 3 N–H and O–H groups in total. The van der Waals surface area contributed by atoms with Gasteiger partial charge in [-0.05, 0) is 32.2 Å². The predicted molar refractivity (Wildman–Crippen MR) is 65.3 cm³/mol. The van der Waals surface area contributed by atoms with E-state index in [1.54, 1.807) is 0 Å². The summed E-state index contributed by atoms with van der Waals surface area (Å²) in [5.41, 5.74) is -0.138. The molecule has 1 aliphatic heterocycles. The lowest BCUT2D eigenvalue weighted by Gasteiger charge is -2.43. The highest BCUT2D eigenvalue weighted by Gasteiger charge is 2.47. The van der Waals surface area contributed by atoms with E-state index in [-0.39, 0.29) is 28.5 Å². The van der Waals surface area contributed by atoms with Crippen LogP contribution in [0.5, 0.6) is 0 Å². The van der Waals surface area contributed by atoms with Gasteiger partial charge in [-0.3, -0.25) is 14.7 Å². The summed E-state index contributed by atoms with van der Waals surface area (Å²) in [6.45, 7) is 0.928. The Bertz CT molecular complexity index is 521. The van der Waals surface area contributed by atoms with E-state index in [9.17, 15) is 9.59 Å². The molecule has 2 heterocycles. The molecule has 18 heavy (non-hydrogen) atoms. The van der Waals surface area contributed by atoms with Gasteiger partial charge in [0, 0.05) is 17.8 Å². The van der Waals surface area contributed by atoms with Crippen LogP contribution < -0.4 is 16.1 Å². The monoisotopic (exact) mass is 248 g/mol. The Morgan fingerprint density at radius 3 is 3.00 bits per heavy atom. The second-order valence-corrected chi connectivity index (χ2v) is 5.06. The van der Waals surface area contributed by atoms with Gasteiger partial charge >= 0.3 is 0 Å². The van der Waals surface area contributed by atoms with Gasteiger partial charge in [0.1, 0.15) is 5.56 Å². The summed E-state index contributed by atoms with van der Waals surface area (Å²) < 4.78 is 0. The van der Waals surface area contributed by atoms with Crippen molar-refractivity contribution in [2.75, 3.05) is 6.54 Å². The Balaban J connectivity index is 1.75. The molecule has 96 valence electrons. The molecule has 1 saturated heterocycles. The van der Waals surface area contributed by atoms with Crippen LogP contribution in [0.4, 0.5) is 0 Å². The maximum atomic E-state index is 12.1.